The van der Waals surface area contributed by atoms with Crippen LogP contribution in [0.2, 0.25) is 0 Å². The van der Waals surface area contributed by atoms with Gasteiger partial charge < -0.3 is 16.8 Å². The van der Waals surface area contributed by atoms with Crippen molar-refractivity contribution in [3.05, 3.63) is 0 Å². The SMILES string of the molecule is C[P+](C)(C)C.NCCNCCN. The second-order valence-electron chi connectivity index (χ2n) is 4.01. The van der Waals surface area contributed by atoms with E-state index in [1.165, 1.54) is 0 Å². The van der Waals surface area contributed by atoms with Crippen molar-refractivity contribution in [2.75, 3.05) is 52.8 Å². The first kappa shape index (κ1) is 14.8. The summed E-state index contributed by atoms with van der Waals surface area (Å²) in [6.45, 7) is 12.3. The molecule has 0 aromatic rings. The molecule has 12 heavy (non-hydrogen) atoms. The lowest BCUT2D eigenvalue weighted by atomic mass is 10.6. The fourth-order valence-corrected chi connectivity index (χ4v) is 0.329. The predicted octanol–water partition coefficient (Wildman–Crippen LogP) is 0.0166. The van der Waals surface area contributed by atoms with Crippen LogP contribution in [0.15, 0.2) is 0 Å². The number of hydrogen-bond donors (Lipinski definition) is 3. The van der Waals surface area contributed by atoms with Crippen molar-refractivity contribution in [1.82, 2.24) is 5.32 Å². The molecule has 0 aromatic carbocycles. The normalized spacial score (nSPS) is 10.5. The van der Waals surface area contributed by atoms with Crippen LogP contribution in [0.4, 0.5) is 0 Å². The minimum absolute atomic E-state index is 0.389. The molecule has 0 unspecified atom stereocenters. The number of nitrogens with two attached hydrogens (primary N) is 2. The summed E-state index contributed by atoms with van der Waals surface area (Å²) < 4.78 is 0. The van der Waals surface area contributed by atoms with Gasteiger partial charge in [-0.3, -0.25) is 0 Å². The molecule has 0 saturated carbocycles. The summed E-state index contributed by atoms with van der Waals surface area (Å²) in [4.78, 5) is 0. The summed E-state index contributed by atoms with van der Waals surface area (Å²) >= 11 is 0. The Labute approximate surface area is 77.6 Å². The zero-order valence-electron chi connectivity index (χ0n) is 8.93. The Morgan fingerprint density at radius 1 is 0.917 bits per heavy atom. The van der Waals surface area contributed by atoms with Crippen LogP contribution in [-0.4, -0.2) is 52.8 Å². The summed E-state index contributed by atoms with van der Waals surface area (Å²) in [5, 5.41) is 3.03. The molecule has 0 fully saturated rings. The largest absolute Gasteiger partial charge is 0.329 e. The average Bonchev–Trinajstić information content (AvgIpc) is 1.85. The minimum atomic E-state index is -0.389. The molecule has 5 N–H and O–H groups in total. The smallest absolute Gasteiger partial charge is 0.0481 e. The van der Waals surface area contributed by atoms with Crippen LogP contribution in [-0.2, 0) is 0 Å². The molecule has 0 heterocycles. The zero-order valence-corrected chi connectivity index (χ0v) is 9.82. The lowest BCUT2D eigenvalue weighted by Crippen LogP contribution is -2.27. The Morgan fingerprint density at radius 3 is 1.33 bits per heavy atom. The summed E-state index contributed by atoms with van der Waals surface area (Å²) in [5.74, 6) is 0. The first-order chi connectivity index (χ1) is 5.41. The van der Waals surface area contributed by atoms with Crippen LogP contribution in [0.5, 0.6) is 0 Å². The van der Waals surface area contributed by atoms with Gasteiger partial charge in [0.15, 0.2) is 0 Å². The van der Waals surface area contributed by atoms with E-state index in [0.717, 1.165) is 13.1 Å². The van der Waals surface area contributed by atoms with Crippen LogP contribution in [0, 0.1) is 0 Å². The Kier molecular flexibility index (Phi) is 11.6. The second-order valence-corrected chi connectivity index (χ2v) is 9.38. The molecule has 0 aliphatic rings. The van der Waals surface area contributed by atoms with Crippen molar-refractivity contribution >= 4 is 7.26 Å². The molecule has 3 nitrogen and oxygen atoms in total. The first-order valence-electron chi connectivity index (χ1n) is 4.31. The Balaban J connectivity index is 0. The maximum Gasteiger partial charge on any atom is 0.0481 e. The van der Waals surface area contributed by atoms with Crippen LogP contribution in [0.1, 0.15) is 0 Å². The quantitative estimate of drug-likeness (QED) is 0.436. The highest BCUT2D eigenvalue weighted by Gasteiger charge is 2.03. The van der Waals surface area contributed by atoms with Crippen LogP contribution >= 0.6 is 7.26 Å². The molecule has 0 saturated heterocycles. The van der Waals surface area contributed by atoms with E-state index >= 15 is 0 Å². The lowest BCUT2D eigenvalue weighted by molar-refractivity contribution is 0.696. The van der Waals surface area contributed by atoms with Gasteiger partial charge in [-0.1, -0.05) is 0 Å². The molecule has 0 bridgehead atoms. The zero-order chi connectivity index (χ0) is 10.0. The van der Waals surface area contributed by atoms with E-state index in [4.69, 9.17) is 11.5 Å². The molecule has 0 rings (SSSR count). The molecule has 0 radical (unpaired) electrons. The maximum absolute atomic E-state index is 5.17. The van der Waals surface area contributed by atoms with Crippen molar-refractivity contribution in [3.8, 4) is 0 Å². The predicted molar refractivity (Wildman–Crippen MR) is 61.6 cm³/mol. The van der Waals surface area contributed by atoms with E-state index in [-0.39, 0.29) is 7.26 Å². The third-order valence-corrected chi connectivity index (χ3v) is 0.642. The number of rotatable bonds is 4. The number of nitrogens with one attached hydrogen (secondary N) is 1. The van der Waals surface area contributed by atoms with E-state index < -0.39 is 0 Å². The Hall–Kier alpha value is 0.310. The molecule has 0 aliphatic carbocycles. The highest BCUT2D eigenvalue weighted by atomic mass is 31.2. The van der Waals surface area contributed by atoms with E-state index in [1.54, 1.807) is 0 Å². The highest BCUT2D eigenvalue weighted by molar-refractivity contribution is 7.72. The van der Waals surface area contributed by atoms with Crippen molar-refractivity contribution in [1.29, 1.82) is 0 Å². The monoisotopic (exact) mass is 194 g/mol. The van der Waals surface area contributed by atoms with E-state index in [9.17, 15) is 0 Å². The summed E-state index contributed by atoms with van der Waals surface area (Å²) in [7, 11) is -0.389. The molecular weight excluding hydrogens is 169 g/mol. The fraction of sp³-hybridized carbons (Fsp3) is 1.00. The maximum atomic E-state index is 5.17. The van der Waals surface area contributed by atoms with Gasteiger partial charge in [0.2, 0.25) is 0 Å². The topological polar surface area (TPSA) is 64.1 Å². The summed E-state index contributed by atoms with van der Waals surface area (Å²) in [6, 6.07) is 0. The van der Waals surface area contributed by atoms with Gasteiger partial charge in [0, 0.05) is 60.1 Å². The van der Waals surface area contributed by atoms with E-state index in [1.807, 2.05) is 0 Å². The van der Waals surface area contributed by atoms with Gasteiger partial charge in [0.05, 0.1) is 0 Å². The number of hydrogen-bond acceptors (Lipinski definition) is 3. The lowest BCUT2D eigenvalue weighted by Gasteiger charge is -1.97. The van der Waals surface area contributed by atoms with Gasteiger partial charge in [-0.05, 0) is 0 Å². The molecule has 0 amide bonds. The Bertz CT molecular complexity index is 70.9. The molecule has 0 atom stereocenters. The van der Waals surface area contributed by atoms with Crippen molar-refractivity contribution in [2.24, 2.45) is 11.5 Å². The standard InChI is InChI=1S/C4H13N3.C4H12P/c5-1-3-7-4-2-6;1-5(2,3)4/h7H,1-6H2;1-4H3/q;+1. The first-order valence-corrected chi connectivity index (χ1v) is 7.89. The van der Waals surface area contributed by atoms with E-state index in [0.29, 0.717) is 13.1 Å². The molecule has 4 heteroatoms. The average molecular weight is 194 g/mol. The summed E-state index contributed by atoms with van der Waals surface area (Å²) in [5.41, 5.74) is 10.3. The molecule has 76 valence electrons. The van der Waals surface area contributed by atoms with Crippen molar-refractivity contribution < 1.29 is 0 Å². The van der Waals surface area contributed by atoms with Gasteiger partial charge in [-0.2, -0.15) is 0 Å². The molecular formula is C8H25N3P+. The molecule has 0 spiro atoms. The van der Waals surface area contributed by atoms with Crippen LogP contribution in [0.3, 0.4) is 0 Å². The van der Waals surface area contributed by atoms with E-state index in [2.05, 4.69) is 32.0 Å². The van der Waals surface area contributed by atoms with Crippen molar-refractivity contribution in [2.45, 2.75) is 0 Å². The highest BCUT2D eigenvalue weighted by Crippen LogP contribution is 2.40. The second kappa shape index (κ2) is 9.40. The third kappa shape index (κ3) is 48.1. The van der Waals surface area contributed by atoms with Gasteiger partial charge in [0.25, 0.3) is 0 Å². The molecule has 0 aromatic heterocycles. The van der Waals surface area contributed by atoms with Gasteiger partial charge in [-0.15, -0.1) is 0 Å². The third-order valence-electron chi connectivity index (χ3n) is 0.642. The molecule has 0 aliphatic heterocycles. The van der Waals surface area contributed by atoms with Crippen LogP contribution < -0.4 is 16.8 Å². The van der Waals surface area contributed by atoms with Gasteiger partial charge in [0.1, 0.15) is 0 Å². The van der Waals surface area contributed by atoms with Gasteiger partial charge in [-0.25, -0.2) is 0 Å². The Morgan fingerprint density at radius 2 is 1.17 bits per heavy atom. The summed E-state index contributed by atoms with van der Waals surface area (Å²) in [6.07, 6.45) is 0. The van der Waals surface area contributed by atoms with Crippen LogP contribution in [0.25, 0.3) is 0 Å². The fourth-order valence-electron chi connectivity index (χ4n) is 0.329. The van der Waals surface area contributed by atoms with Crippen molar-refractivity contribution in [3.63, 3.8) is 0 Å². The minimum Gasteiger partial charge on any atom is -0.329 e. The van der Waals surface area contributed by atoms with Gasteiger partial charge >= 0.3 is 0 Å².